The second-order valence-electron chi connectivity index (χ2n) is 8.60. The molecule has 0 saturated carbocycles. The van der Waals surface area contributed by atoms with Crippen LogP contribution in [0.4, 0.5) is 8.78 Å². The summed E-state index contributed by atoms with van der Waals surface area (Å²) < 4.78 is 43.8. The minimum atomic E-state index is -2.72. The quantitative estimate of drug-likeness (QED) is 0.310. The molecule has 3 aromatic heterocycles. The first-order valence-electron chi connectivity index (χ1n) is 10.0. The molecule has 3 aromatic rings. The van der Waals surface area contributed by atoms with Crippen LogP contribution in [0.2, 0.25) is 25.7 Å². The number of pyridine rings is 1. The van der Waals surface area contributed by atoms with Crippen LogP contribution in [0.15, 0.2) is 22.8 Å². The molecule has 0 aliphatic carbocycles. The van der Waals surface area contributed by atoms with Crippen LogP contribution in [0.25, 0.3) is 22.3 Å². The highest BCUT2D eigenvalue weighted by Crippen LogP contribution is 2.45. The Morgan fingerprint density at radius 1 is 1.33 bits per heavy atom. The van der Waals surface area contributed by atoms with E-state index in [9.17, 15) is 8.78 Å². The molecular formula is C20H25BrF2N4O2Si. The number of nitrogens with zero attached hydrogens (tertiary/aromatic N) is 4. The molecule has 1 aliphatic heterocycles. The fourth-order valence-electron chi connectivity index (χ4n) is 3.56. The number of hydrogen-bond donors (Lipinski definition) is 0. The molecule has 30 heavy (non-hydrogen) atoms. The van der Waals surface area contributed by atoms with Crippen molar-refractivity contribution in [1.29, 1.82) is 0 Å². The van der Waals surface area contributed by atoms with E-state index in [2.05, 4.69) is 45.7 Å². The van der Waals surface area contributed by atoms with Crippen LogP contribution in [0.1, 0.15) is 18.5 Å². The topological polar surface area (TPSA) is 54.1 Å². The van der Waals surface area contributed by atoms with Gasteiger partial charge in [-0.15, -0.1) is 0 Å². The first-order valence-corrected chi connectivity index (χ1v) is 14.5. The maximum absolute atomic E-state index is 14.0. The van der Waals surface area contributed by atoms with E-state index in [1.165, 1.54) is 4.68 Å². The Morgan fingerprint density at radius 3 is 2.87 bits per heavy atom. The van der Waals surface area contributed by atoms with Crippen molar-refractivity contribution in [3.05, 3.63) is 28.5 Å². The summed E-state index contributed by atoms with van der Waals surface area (Å²) in [6.45, 7) is 8.72. The molecule has 0 bridgehead atoms. The second-order valence-corrected chi connectivity index (χ2v) is 15.0. The number of fused-ring (bicyclic) bond motifs is 2. The average Bonchev–Trinajstić information content (AvgIpc) is 3.20. The molecule has 1 aliphatic rings. The Morgan fingerprint density at radius 2 is 2.13 bits per heavy atom. The van der Waals surface area contributed by atoms with E-state index in [4.69, 9.17) is 9.47 Å². The molecule has 0 spiro atoms. The van der Waals surface area contributed by atoms with Gasteiger partial charge in [0.05, 0.1) is 22.3 Å². The van der Waals surface area contributed by atoms with E-state index < -0.39 is 14.5 Å². The van der Waals surface area contributed by atoms with Crippen LogP contribution in [-0.4, -0.2) is 40.6 Å². The van der Waals surface area contributed by atoms with Gasteiger partial charge in [-0.2, -0.15) is 5.10 Å². The summed E-state index contributed by atoms with van der Waals surface area (Å²) in [4.78, 5) is 4.49. The lowest BCUT2D eigenvalue weighted by atomic mass is 10.1. The van der Waals surface area contributed by atoms with Gasteiger partial charge in [0.15, 0.2) is 0 Å². The highest BCUT2D eigenvalue weighted by atomic mass is 79.9. The fraction of sp³-hybridized carbons (Fsp3) is 0.500. The predicted octanol–water partition coefficient (Wildman–Crippen LogP) is 5.69. The van der Waals surface area contributed by atoms with Crippen molar-refractivity contribution in [2.75, 3.05) is 13.2 Å². The molecule has 0 unspecified atom stereocenters. The largest absolute Gasteiger partial charge is 0.477 e. The summed E-state index contributed by atoms with van der Waals surface area (Å²) in [7, 11) is -1.25. The number of aryl methyl sites for hydroxylation is 1. The normalized spacial score (nSPS) is 14.4. The molecule has 0 aromatic carbocycles. The first kappa shape index (κ1) is 21.4. The minimum absolute atomic E-state index is 0.215. The zero-order chi connectivity index (χ0) is 21.5. The Balaban J connectivity index is 1.83. The van der Waals surface area contributed by atoms with Crippen LogP contribution in [0, 0.1) is 0 Å². The van der Waals surface area contributed by atoms with Gasteiger partial charge >= 0.3 is 0 Å². The summed E-state index contributed by atoms with van der Waals surface area (Å²) >= 11 is 3.63. The summed E-state index contributed by atoms with van der Waals surface area (Å²) in [5.41, 5.74) is 1.26. The molecule has 4 rings (SSSR count). The summed E-state index contributed by atoms with van der Waals surface area (Å²) in [5, 5.41) is 4.99. The van der Waals surface area contributed by atoms with Crippen molar-refractivity contribution < 1.29 is 18.3 Å². The smallest absolute Gasteiger partial charge is 0.282 e. The maximum Gasteiger partial charge on any atom is 0.282 e. The molecule has 0 N–H and O–H groups in total. The van der Waals surface area contributed by atoms with E-state index in [0.717, 1.165) is 17.9 Å². The van der Waals surface area contributed by atoms with Crippen LogP contribution >= 0.6 is 15.9 Å². The third-order valence-electron chi connectivity index (χ3n) is 5.10. The van der Waals surface area contributed by atoms with E-state index in [0.29, 0.717) is 47.0 Å². The van der Waals surface area contributed by atoms with Gasteiger partial charge in [0, 0.05) is 39.2 Å². The molecule has 4 heterocycles. The molecule has 0 atom stereocenters. The van der Waals surface area contributed by atoms with Gasteiger partial charge in [-0.25, -0.2) is 18.4 Å². The first-order chi connectivity index (χ1) is 14.3. The number of rotatable bonds is 7. The van der Waals surface area contributed by atoms with Crippen molar-refractivity contribution in [2.24, 2.45) is 0 Å². The van der Waals surface area contributed by atoms with Gasteiger partial charge < -0.3 is 9.47 Å². The van der Waals surface area contributed by atoms with E-state index in [-0.39, 0.29) is 12.4 Å². The van der Waals surface area contributed by atoms with E-state index >= 15 is 0 Å². The minimum Gasteiger partial charge on any atom is -0.477 e. The molecule has 0 fully saturated rings. The average molecular weight is 499 g/mol. The standard InChI is InChI=1S/C20H25BrF2N4O2Si/c1-30(2,3)11-10-28-12-26-17(15(21)13-6-4-7-24-19(13)26)14-16(18(22)23)25-27-8-5-9-29-20(14)27/h4,6-7,18H,5,8-12H2,1-3H3. The van der Waals surface area contributed by atoms with E-state index in [1.54, 1.807) is 6.20 Å². The number of halogens is 3. The second kappa shape index (κ2) is 8.39. The van der Waals surface area contributed by atoms with Crippen molar-refractivity contribution in [3.63, 3.8) is 0 Å². The lowest BCUT2D eigenvalue weighted by molar-refractivity contribution is 0.0907. The van der Waals surface area contributed by atoms with Gasteiger partial charge in [-0.1, -0.05) is 19.6 Å². The van der Waals surface area contributed by atoms with E-state index in [1.807, 2.05) is 16.7 Å². The van der Waals surface area contributed by atoms with Gasteiger partial charge in [0.25, 0.3) is 6.43 Å². The predicted molar refractivity (Wildman–Crippen MR) is 118 cm³/mol. The lowest BCUT2D eigenvalue weighted by Crippen LogP contribution is -2.22. The van der Waals surface area contributed by atoms with Gasteiger partial charge in [-0.05, 0) is 34.1 Å². The number of hydrogen-bond acceptors (Lipinski definition) is 4. The molecule has 0 amide bonds. The third-order valence-corrected chi connectivity index (χ3v) is 7.61. The third kappa shape index (κ3) is 4.04. The van der Waals surface area contributed by atoms with Crippen molar-refractivity contribution >= 4 is 35.0 Å². The Hall–Kier alpha value is -1.78. The molecule has 6 nitrogen and oxygen atoms in total. The highest BCUT2D eigenvalue weighted by Gasteiger charge is 2.32. The van der Waals surface area contributed by atoms with Gasteiger partial charge in [-0.3, -0.25) is 4.57 Å². The van der Waals surface area contributed by atoms with Gasteiger partial charge in [0.2, 0.25) is 5.88 Å². The summed E-state index contributed by atoms with van der Waals surface area (Å²) in [6.07, 6.45) is -0.293. The van der Waals surface area contributed by atoms with Crippen molar-refractivity contribution in [2.45, 2.75) is 51.8 Å². The monoisotopic (exact) mass is 498 g/mol. The fourth-order valence-corrected chi connectivity index (χ4v) is 5.04. The molecular weight excluding hydrogens is 474 g/mol. The SMILES string of the molecule is C[Si](C)(C)CCOCn1c(-c2c(C(F)F)nn3c2OCCC3)c(Br)c2cccnc21. The van der Waals surface area contributed by atoms with Gasteiger partial charge in [0.1, 0.15) is 18.1 Å². The van der Waals surface area contributed by atoms with Crippen LogP contribution < -0.4 is 4.74 Å². The highest BCUT2D eigenvalue weighted by molar-refractivity contribution is 9.10. The molecule has 10 heteroatoms. The van der Waals surface area contributed by atoms with Crippen molar-refractivity contribution in [3.8, 4) is 17.1 Å². The Kier molecular flexibility index (Phi) is 6.00. The Labute approximate surface area is 183 Å². The molecule has 0 saturated heterocycles. The zero-order valence-corrected chi connectivity index (χ0v) is 19.9. The molecule has 0 radical (unpaired) electrons. The summed E-state index contributed by atoms with van der Waals surface area (Å²) in [5.74, 6) is 0.378. The lowest BCUT2D eigenvalue weighted by Gasteiger charge is -2.18. The zero-order valence-electron chi connectivity index (χ0n) is 17.3. The molecule has 162 valence electrons. The van der Waals surface area contributed by atoms with Crippen LogP contribution in [0.3, 0.4) is 0 Å². The van der Waals surface area contributed by atoms with Crippen molar-refractivity contribution in [1.82, 2.24) is 19.3 Å². The number of alkyl halides is 2. The van der Waals surface area contributed by atoms with Crippen LogP contribution in [-0.2, 0) is 18.0 Å². The Bertz CT molecular complexity index is 1060. The number of ether oxygens (including phenoxy) is 2. The summed E-state index contributed by atoms with van der Waals surface area (Å²) in [6, 6.07) is 4.75. The van der Waals surface area contributed by atoms with Crippen LogP contribution in [0.5, 0.6) is 5.88 Å². The maximum atomic E-state index is 14.0. The number of aromatic nitrogens is 4.